The summed E-state index contributed by atoms with van der Waals surface area (Å²) in [5.41, 5.74) is 6.03. The molecule has 0 radical (unpaired) electrons. The van der Waals surface area contributed by atoms with Crippen molar-refractivity contribution in [1.29, 1.82) is 0 Å². The van der Waals surface area contributed by atoms with Gasteiger partial charge in [0.25, 0.3) is 5.56 Å². The van der Waals surface area contributed by atoms with E-state index < -0.39 is 0 Å². The van der Waals surface area contributed by atoms with E-state index >= 15 is 0 Å². The molecule has 0 aromatic carbocycles. The predicted octanol–water partition coefficient (Wildman–Crippen LogP) is 1.60. The number of hydrogen-bond donors (Lipinski definition) is 1. The summed E-state index contributed by atoms with van der Waals surface area (Å²) in [5.74, 6) is 0.419. The summed E-state index contributed by atoms with van der Waals surface area (Å²) >= 11 is 1.22. The molecule has 2 aromatic heterocycles. The maximum atomic E-state index is 12.2. The fourth-order valence-corrected chi connectivity index (χ4v) is 2.21. The van der Waals surface area contributed by atoms with Crippen molar-refractivity contribution in [2.45, 2.75) is 20.4 Å². The van der Waals surface area contributed by atoms with E-state index in [0.29, 0.717) is 28.2 Å². The van der Waals surface area contributed by atoms with Crippen LogP contribution in [-0.4, -0.2) is 14.8 Å². The Balaban J connectivity index is 2.46. The lowest BCUT2D eigenvalue weighted by molar-refractivity contribution is 0.511. The number of nitrogen functional groups attached to an aromatic ring is 1. The molecule has 0 atom stereocenters. The fourth-order valence-electron chi connectivity index (χ4n) is 1.58. The van der Waals surface area contributed by atoms with Crippen molar-refractivity contribution in [2.24, 2.45) is 5.92 Å². The molecule has 0 amide bonds. The monoisotopic (exact) mass is 250 g/mol. The third-order valence-corrected chi connectivity index (χ3v) is 3.04. The van der Waals surface area contributed by atoms with Gasteiger partial charge in [0.05, 0.1) is 5.56 Å². The summed E-state index contributed by atoms with van der Waals surface area (Å²) in [6.07, 6.45) is 1.79. The summed E-state index contributed by atoms with van der Waals surface area (Å²) in [5, 5.41) is 8.57. The molecule has 2 heterocycles. The molecule has 0 bridgehead atoms. The standard InChI is InChI=1S/C11H14N4OS/c1-7(2)6-15-5-3-4-8(10(15)16)9-13-14-11(12)17-9/h3-5,7H,6H2,1-2H3,(H2,12,14). The molecule has 2 aromatic rings. The SMILES string of the molecule is CC(C)Cn1cccc(-c2nnc(N)s2)c1=O. The highest BCUT2D eigenvalue weighted by Gasteiger charge is 2.10. The minimum atomic E-state index is -0.0441. The number of aromatic nitrogens is 3. The molecule has 6 heteroatoms. The first-order valence-corrected chi connectivity index (χ1v) is 6.18. The van der Waals surface area contributed by atoms with Gasteiger partial charge in [-0.25, -0.2) is 0 Å². The second kappa shape index (κ2) is 4.67. The second-order valence-electron chi connectivity index (χ2n) is 4.22. The van der Waals surface area contributed by atoms with Gasteiger partial charge in [-0.2, -0.15) is 0 Å². The van der Waals surface area contributed by atoms with Gasteiger partial charge in [0.2, 0.25) is 5.13 Å². The molecule has 2 N–H and O–H groups in total. The maximum absolute atomic E-state index is 12.2. The van der Waals surface area contributed by atoms with E-state index in [9.17, 15) is 4.79 Å². The van der Waals surface area contributed by atoms with Crippen molar-refractivity contribution in [3.05, 3.63) is 28.7 Å². The Morgan fingerprint density at radius 1 is 1.47 bits per heavy atom. The zero-order valence-electron chi connectivity index (χ0n) is 9.75. The molecule has 90 valence electrons. The molecule has 0 aliphatic carbocycles. The van der Waals surface area contributed by atoms with Gasteiger partial charge in [0, 0.05) is 12.7 Å². The third kappa shape index (κ3) is 2.52. The molecule has 2 rings (SSSR count). The van der Waals surface area contributed by atoms with E-state index in [-0.39, 0.29) is 5.56 Å². The van der Waals surface area contributed by atoms with Crippen molar-refractivity contribution < 1.29 is 0 Å². The van der Waals surface area contributed by atoms with Crippen LogP contribution in [0.3, 0.4) is 0 Å². The topological polar surface area (TPSA) is 73.8 Å². The number of anilines is 1. The zero-order chi connectivity index (χ0) is 12.4. The highest BCUT2D eigenvalue weighted by atomic mass is 32.1. The second-order valence-corrected chi connectivity index (χ2v) is 5.23. The van der Waals surface area contributed by atoms with Crippen molar-refractivity contribution in [3.8, 4) is 10.6 Å². The third-order valence-electron chi connectivity index (χ3n) is 2.25. The van der Waals surface area contributed by atoms with Crippen LogP contribution in [0, 0.1) is 5.92 Å². The van der Waals surface area contributed by atoms with Gasteiger partial charge in [0.1, 0.15) is 0 Å². The Bertz CT molecular complexity index is 573. The van der Waals surface area contributed by atoms with E-state index in [1.165, 1.54) is 11.3 Å². The summed E-state index contributed by atoms with van der Waals surface area (Å²) in [7, 11) is 0. The molecule has 0 saturated carbocycles. The smallest absolute Gasteiger partial charge is 0.260 e. The summed E-state index contributed by atoms with van der Waals surface area (Å²) in [6.45, 7) is 4.84. The van der Waals surface area contributed by atoms with Crippen molar-refractivity contribution in [2.75, 3.05) is 5.73 Å². The maximum Gasteiger partial charge on any atom is 0.260 e. The van der Waals surface area contributed by atoms with Gasteiger partial charge in [-0.1, -0.05) is 25.2 Å². The Morgan fingerprint density at radius 2 is 2.24 bits per heavy atom. The highest BCUT2D eigenvalue weighted by molar-refractivity contribution is 7.18. The largest absolute Gasteiger partial charge is 0.374 e. The molecular formula is C11H14N4OS. The number of hydrogen-bond acceptors (Lipinski definition) is 5. The Hall–Kier alpha value is -1.69. The first-order valence-electron chi connectivity index (χ1n) is 5.36. The Labute approximate surface area is 103 Å². The van der Waals surface area contributed by atoms with Crippen molar-refractivity contribution >= 4 is 16.5 Å². The van der Waals surface area contributed by atoms with Gasteiger partial charge < -0.3 is 10.3 Å². The molecule has 17 heavy (non-hydrogen) atoms. The van der Waals surface area contributed by atoms with E-state index in [4.69, 9.17) is 5.73 Å². The lowest BCUT2D eigenvalue weighted by atomic mass is 10.2. The van der Waals surface area contributed by atoms with Crippen molar-refractivity contribution in [3.63, 3.8) is 0 Å². The summed E-state index contributed by atoms with van der Waals surface area (Å²) < 4.78 is 1.69. The average molecular weight is 250 g/mol. The lowest BCUT2D eigenvalue weighted by Crippen LogP contribution is -2.22. The number of nitrogens with zero attached hydrogens (tertiary/aromatic N) is 3. The Kier molecular flexibility index (Phi) is 3.23. The first-order chi connectivity index (χ1) is 8.08. The predicted molar refractivity (Wildman–Crippen MR) is 68.9 cm³/mol. The number of nitrogens with two attached hydrogens (primary N) is 1. The molecule has 0 saturated heterocycles. The lowest BCUT2D eigenvalue weighted by Gasteiger charge is -2.08. The van der Waals surface area contributed by atoms with E-state index in [1.54, 1.807) is 16.8 Å². The fraction of sp³-hybridized carbons (Fsp3) is 0.364. The van der Waals surface area contributed by atoms with Crippen LogP contribution in [0.2, 0.25) is 0 Å². The molecule has 5 nitrogen and oxygen atoms in total. The Morgan fingerprint density at radius 3 is 2.82 bits per heavy atom. The van der Waals surface area contributed by atoms with Crippen LogP contribution in [-0.2, 0) is 6.54 Å². The van der Waals surface area contributed by atoms with Crippen LogP contribution in [0.1, 0.15) is 13.8 Å². The van der Waals surface area contributed by atoms with Gasteiger partial charge in [0.15, 0.2) is 5.01 Å². The van der Waals surface area contributed by atoms with E-state index in [1.807, 2.05) is 6.07 Å². The van der Waals surface area contributed by atoms with Gasteiger partial charge >= 0.3 is 0 Å². The van der Waals surface area contributed by atoms with Crippen LogP contribution >= 0.6 is 11.3 Å². The normalized spacial score (nSPS) is 11.0. The molecule has 0 unspecified atom stereocenters. The van der Waals surface area contributed by atoms with Gasteiger partial charge in [-0.15, -0.1) is 10.2 Å². The highest BCUT2D eigenvalue weighted by Crippen LogP contribution is 2.21. The quantitative estimate of drug-likeness (QED) is 0.898. The van der Waals surface area contributed by atoms with Gasteiger partial charge in [-0.3, -0.25) is 4.79 Å². The number of rotatable bonds is 3. The molecular weight excluding hydrogens is 236 g/mol. The van der Waals surface area contributed by atoms with E-state index in [0.717, 1.165) is 0 Å². The molecule has 0 aliphatic heterocycles. The van der Waals surface area contributed by atoms with Crippen LogP contribution in [0.25, 0.3) is 10.6 Å². The van der Waals surface area contributed by atoms with E-state index in [2.05, 4.69) is 24.0 Å². The summed E-state index contributed by atoms with van der Waals surface area (Å²) in [6, 6.07) is 3.59. The molecule has 0 spiro atoms. The van der Waals surface area contributed by atoms with Crippen LogP contribution in [0.15, 0.2) is 23.1 Å². The molecule has 0 fully saturated rings. The van der Waals surface area contributed by atoms with Crippen molar-refractivity contribution in [1.82, 2.24) is 14.8 Å². The minimum absolute atomic E-state index is 0.0441. The van der Waals surface area contributed by atoms with Gasteiger partial charge in [-0.05, 0) is 18.1 Å². The average Bonchev–Trinajstić information content (AvgIpc) is 2.67. The summed E-state index contributed by atoms with van der Waals surface area (Å²) in [4.78, 5) is 12.2. The van der Waals surface area contributed by atoms with Crippen LogP contribution in [0.5, 0.6) is 0 Å². The molecule has 0 aliphatic rings. The zero-order valence-corrected chi connectivity index (χ0v) is 10.6. The first kappa shape index (κ1) is 11.8. The van der Waals surface area contributed by atoms with Crippen LogP contribution in [0.4, 0.5) is 5.13 Å². The number of pyridine rings is 1. The van der Waals surface area contributed by atoms with Crippen LogP contribution < -0.4 is 11.3 Å². The minimum Gasteiger partial charge on any atom is -0.374 e.